The number of nitrogens with zero attached hydrogens (tertiary/aromatic N) is 4. The molecule has 2 aliphatic rings. The first-order valence-electron chi connectivity index (χ1n) is 10.9. The number of nitrogens with one attached hydrogen (secondary N) is 3. The van der Waals surface area contributed by atoms with Gasteiger partial charge in [-0.05, 0) is 62.9 Å². The first-order chi connectivity index (χ1) is 15.6. The summed E-state index contributed by atoms with van der Waals surface area (Å²) in [7, 11) is 0. The van der Waals surface area contributed by atoms with Crippen LogP contribution in [0.15, 0.2) is 41.4 Å². The number of aromatic nitrogens is 4. The zero-order valence-corrected chi connectivity index (χ0v) is 17.9. The second kappa shape index (κ2) is 8.37. The van der Waals surface area contributed by atoms with Crippen LogP contribution in [-0.2, 0) is 17.8 Å². The maximum absolute atomic E-state index is 12.3. The monoisotopic (exact) mass is 427 g/mol. The van der Waals surface area contributed by atoms with Gasteiger partial charge in [0.05, 0.1) is 5.69 Å². The second-order valence-electron chi connectivity index (χ2n) is 8.21. The summed E-state index contributed by atoms with van der Waals surface area (Å²) in [5.74, 6) is -0.109. The Kier molecular flexibility index (Phi) is 5.26. The molecule has 0 aromatic carbocycles. The maximum Gasteiger partial charge on any atom is 0.244 e. The lowest BCUT2D eigenvalue weighted by Gasteiger charge is -2.10. The minimum Gasteiger partial charge on any atom is -0.350 e. The normalized spacial score (nSPS) is 15.8. The molecule has 5 rings (SSSR count). The second-order valence-corrected chi connectivity index (χ2v) is 8.21. The summed E-state index contributed by atoms with van der Waals surface area (Å²) >= 11 is 0. The van der Waals surface area contributed by atoms with Gasteiger partial charge in [-0.2, -0.15) is 5.10 Å². The number of aromatic amines is 1. The number of amides is 1. The van der Waals surface area contributed by atoms with Crippen LogP contribution in [0.25, 0.3) is 28.6 Å². The van der Waals surface area contributed by atoms with Crippen molar-refractivity contribution in [3.63, 3.8) is 0 Å². The number of H-pyrrole nitrogens is 1. The van der Waals surface area contributed by atoms with Gasteiger partial charge >= 0.3 is 0 Å². The van der Waals surface area contributed by atoms with E-state index in [9.17, 15) is 4.79 Å². The van der Waals surface area contributed by atoms with Crippen molar-refractivity contribution in [2.75, 3.05) is 0 Å². The summed E-state index contributed by atoms with van der Waals surface area (Å²) in [4.78, 5) is 24.3. The van der Waals surface area contributed by atoms with Crippen LogP contribution >= 0.6 is 0 Å². The van der Waals surface area contributed by atoms with E-state index in [1.807, 2.05) is 37.3 Å². The summed E-state index contributed by atoms with van der Waals surface area (Å²) in [6.07, 6.45) is 8.40. The van der Waals surface area contributed by atoms with Crippen LogP contribution in [0.4, 0.5) is 0 Å². The van der Waals surface area contributed by atoms with Crippen LogP contribution < -0.4 is 10.8 Å². The van der Waals surface area contributed by atoms with Crippen molar-refractivity contribution in [1.82, 2.24) is 25.1 Å². The van der Waals surface area contributed by atoms with E-state index in [4.69, 9.17) is 15.5 Å². The van der Waals surface area contributed by atoms with Gasteiger partial charge in [0.1, 0.15) is 17.5 Å². The van der Waals surface area contributed by atoms with E-state index in [2.05, 4.69) is 20.0 Å². The fraction of sp³-hybridized carbons (Fsp3) is 0.292. The minimum atomic E-state index is -0.109. The van der Waals surface area contributed by atoms with E-state index in [0.717, 1.165) is 72.5 Å². The number of carbonyl (C=O) groups is 1. The topological polar surface area (TPSA) is 112 Å². The number of rotatable bonds is 6. The van der Waals surface area contributed by atoms with Crippen LogP contribution in [0.5, 0.6) is 0 Å². The first-order valence-corrected chi connectivity index (χ1v) is 10.9. The quantitative estimate of drug-likeness (QED) is 0.319. The molecule has 0 radical (unpaired) electrons. The molecule has 0 spiro atoms. The highest BCUT2D eigenvalue weighted by atomic mass is 16.1. The largest absolute Gasteiger partial charge is 0.350 e. The Labute approximate surface area is 185 Å². The summed E-state index contributed by atoms with van der Waals surface area (Å²) in [5.41, 5.74) is 7.03. The van der Waals surface area contributed by atoms with Crippen LogP contribution in [-0.4, -0.2) is 38.0 Å². The lowest BCUT2D eigenvalue weighted by atomic mass is 9.98. The molecule has 1 aliphatic carbocycles. The van der Waals surface area contributed by atoms with Gasteiger partial charge in [-0.25, -0.2) is 4.99 Å². The fourth-order valence-electron chi connectivity index (χ4n) is 4.10. The number of pyridine rings is 2. The van der Waals surface area contributed by atoms with Crippen LogP contribution in [0.1, 0.15) is 36.3 Å². The van der Waals surface area contributed by atoms with Gasteiger partial charge in [0.2, 0.25) is 5.91 Å². The molecule has 8 nitrogen and oxygen atoms in total. The highest BCUT2D eigenvalue weighted by molar-refractivity contribution is 5.94. The molecular weight excluding hydrogens is 402 g/mol. The Balaban J connectivity index is 1.65. The van der Waals surface area contributed by atoms with E-state index >= 15 is 0 Å². The van der Waals surface area contributed by atoms with Crippen molar-refractivity contribution < 1.29 is 4.79 Å². The molecule has 3 aromatic rings. The van der Waals surface area contributed by atoms with Crippen LogP contribution in [0.3, 0.4) is 0 Å². The van der Waals surface area contributed by atoms with Gasteiger partial charge in [0, 0.05) is 46.9 Å². The van der Waals surface area contributed by atoms with Gasteiger partial charge in [0.25, 0.3) is 0 Å². The molecule has 1 amide bonds. The molecule has 0 saturated heterocycles. The number of aryl methyl sites for hydroxylation is 2. The zero-order valence-electron chi connectivity index (χ0n) is 17.9. The third kappa shape index (κ3) is 4.03. The average molecular weight is 428 g/mol. The predicted molar refractivity (Wildman–Crippen MR) is 123 cm³/mol. The van der Waals surface area contributed by atoms with Gasteiger partial charge in [-0.15, -0.1) is 0 Å². The van der Waals surface area contributed by atoms with Gasteiger partial charge in [-0.1, -0.05) is 6.07 Å². The van der Waals surface area contributed by atoms with Crippen molar-refractivity contribution in [1.29, 1.82) is 5.41 Å². The smallest absolute Gasteiger partial charge is 0.244 e. The fourth-order valence-corrected chi connectivity index (χ4v) is 4.10. The SMILES string of the molecule is Cc1cccc(-c2nn3c(c2-c2cc/c(=N/C=N)[nH]c2/C=C/C(=O)NC2CC2)CCC3)n1. The summed E-state index contributed by atoms with van der Waals surface area (Å²) < 4.78 is 2.07. The van der Waals surface area contributed by atoms with Crippen LogP contribution in [0, 0.1) is 12.3 Å². The van der Waals surface area contributed by atoms with E-state index in [1.54, 1.807) is 12.2 Å². The predicted octanol–water partition coefficient (Wildman–Crippen LogP) is 2.99. The van der Waals surface area contributed by atoms with Crippen molar-refractivity contribution in [2.24, 2.45) is 4.99 Å². The lowest BCUT2D eigenvalue weighted by molar-refractivity contribution is -0.116. The highest BCUT2D eigenvalue weighted by Crippen LogP contribution is 2.38. The Morgan fingerprint density at radius 2 is 2.19 bits per heavy atom. The summed E-state index contributed by atoms with van der Waals surface area (Å²) in [5, 5.41) is 15.2. The number of carbonyl (C=O) groups excluding carboxylic acids is 1. The van der Waals surface area contributed by atoms with E-state index in [0.29, 0.717) is 11.5 Å². The molecule has 0 bridgehead atoms. The lowest BCUT2D eigenvalue weighted by Crippen LogP contribution is -2.22. The van der Waals surface area contributed by atoms with Gasteiger partial charge in [-0.3, -0.25) is 19.9 Å². The van der Waals surface area contributed by atoms with Crippen LogP contribution in [0.2, 0.25) is 0 Å². The molecule has 0 unspecified atom stereocenters. The molecular formula is C24H25N7O. The Bertz CT molecular complexity index is 1290. The Hall–Kier alpha value is -3.81. The molecule has 0 atom stereocenters. The molecule has 4 heterocycles. The highest BCUT2D eigenvalue weighted by Gasteiger charge is 2.26. The van der Waals surface area contributed by atoms with Crippen molar-refractivity contribution in [3.8, 4) is 22.5 Å². The summed E-state index contributed by atoms with van der Waals surface area (Å²) in [6, 6.07) is 10.1. The zero-order chi connectivity index (χ0) is 22.1. The first kappa shape index (κ1) is 20.1. The number of hydrogen-bond donors (Lipinski definition) is 3. The van der Waals surface area contributed by atoms with Crippen molar-refractivity contribution in [2.45, 2.75) is 45.2 Å². The molecule has 1 fully saturated rings. The molecule has 32 heavy (non-hydrogen) atoms. The summed E-state index contributed by atoms with van der Waals surface area (Å²) in [6.45, 7) is 2.86. The molecule has 1 saturated carbocycles. The van der Waals surface area contributed by atoms with Crippen molar-refractivity contribution >= 4 is 18.3 Å². The third-order valence-electron chi connectivity index (χ3n) is 5.73. The maximum atomic E-state index is 12.3. The standard InChI is InChI=1S/C24H25N7O/c1-15-4-2-5-19(27-15)24-23(20-6-3-13-31(20)30-24)17-9-11-21(26-14-25)29-18(17)10-12-22(32)28-16-7-8-16/h2,4-5,9-12,14,16H,3,6-8,13H2,1H3,(H,28,32)(H2,25,26,29)/b12-10+. The van der Waals surface area contributed by atoms with Crippen molar-refractivity contribution in [3.05, 3.63) is 59.0 Å². The number of fused-ring (bicyclic) bond motifs is 1. The van der Waals surface area contributed by atoms with Gasteiger partial charge in [0.15, 0.2) is 0 Å². The minimum absolute atomic E-state index is 0.109. The number of hydrogen-bond acceptors (Lipinski definition) is 4. The third-order valence-corrected chi connectivity index (χ3v) is 5.73. The average Bonchev–Trinajstić information content (AvgIpc) is 3.34. The Morgan fingerprint density at radius 1 is 1.31 bits per heavy atom. The van der Waals surface area contributed by atoms with E-state index in [1.165, 1.54) is 5.69 Å². The van der Waals surface area contributed by atoms with E-state index in [-0.39, 0.29) is 5.91 Å². The Morgan fingerprint density at radius 3 is 2.97 bits per heavy atom. The molecule has 3 aromatic heterocycles. The molecule has 3 N–H and O–H groups in total. The molecule has 162 valence electrons. The molecule has 1 aliphatic heterocycles. The molecule has 8 heteroatoms. The van der Waals surface area contributed by atoms with E-state index < -0.39 is 0 Å². The van der Waals surface area contributed by atoms with Gasteiger partial charge < -0.3 is 10.3 Å².